The van der Waals surface area contributed by atoms with Gasteiger partial charge in [-0.1, -0.05) is 12.1 Å². The van der Waals surface area contributed by atoms with E-state index < -0.39 is 11.9 Å². The number of aromatic nitrogens is 2. The van der Waals surface area contributed by atoms with Gasteiger partial charge in [-0.05, 0) is 40.9 Å². The number of hydrogen-bond acceptors (Lipinski definition) is 3. The Hall–Kier alpha value is -1.82. The van der Waals surface area contributed by atoms with Gasteiger partial charge >= 0.3 is 0 Å². The molecule has 1 fully saturated rings. The van der Waals surface area contributed by atoms with Crippen molar-refractivity contribution in [1.29, 1.82) is 0 Å². The van der Waals surface area contributed by atoms with Gasteiger partial charge in [0, 0.05) is 16.2 Å². The number of nitrogens with two attached hydrogens (primary N) is 1. The van der Waals surface area contributed by atoms with E-state index in [0.717, 1.165) is 28.7 Å². The number of nitrogens with one attached hydrogen (secondary N) is 1. The van der Waals surface area contributed by atoms with Crippen LogP contribution in [0.2, 0.25) is 0 Å². The van der Waals surface area contributed by atoms with Gasteiger partial charge in [0.05, 0.1) is 18.2 Å². The minimum Gasteiger partial charge on any atom is -0.368 e. The predicted octanol–water partition coefficient (Wildman–Crippen LogP) is 2.62. The van der Waals surface area contributed by atoms with Crippen molar-refractivity contribution in [2.24, 2.45) is 5.73 Å². The van der Waals surface area contributed by atoms with Crippen molar-refractivity contribution in [3.05, 3.63) is 47.0 Å². The smallest absolute Gasteiger partial charge is 0.246 e. The third-order valence-electron chi connectivity index (χ3n) is 3.39. The molecule has 5 nitrogen and oxygen atoms in total. The molecular formula is C14H15BrN4O. The molecule has 1 aromatic heterocycles. The summed E-state index contributed by atoms with van der Waals surface area (Å²) < 4.78 is 2.93. The van der Waals surface area contributed by atoms with Crippen LogP contribution >= 0.6 is 15.9 Å². The molecule has 3 rings (SSSR count). The van der Waals surface area contributed by atoms with Crippen LogP contribution in [0.5, 0.6) is 0 Å². The van der Waals surface area contributed by atoms with E-state index in [2.05, 4.69) is 26.2 Å². The van der Waals surface area contributed by atoms with Crippen molar-refractivity contribution in [2.45, 2.75) is 24.9 Å². The lowest BCUT2D eigenvalue weighted by atomic mass is 10.2. The summed E-state index contributed by atoms with van der Waals surface area (Å²) in [5.74, 6) is -0.414. The number of imidazole rings is 1. The van der Waals surface area contributed by atoms with Crippen LogP contribution in [0.15, 0.2) is 41.3 Å². The van der Waals surface area contributed by atoms with E-state index in [1.165, 1.54) is 0 Å². The first kappa shape index (κ1) is 13.2. The third kappa shape index (κ3) is 2.56. The van der Waals surface area contributed by atoms with Gasteiger partial charge in [0.25, 0.3) is 0 Å². The molecular weight excluding hydrogens is 320 g/mol. The zero-order chi connectivity index (χ0) is 14.1. The Balaban J connectivity index is 1.91. The number of carbonyl (C=O) groups is 1. The highest BCUT2D eigenvalue weighted by molar-refractivity contribution is 9.10. The van der Waals surface area contributed by atoms with Gasteiger partial charge < -0.3 is 15.6 Å². The van der Waals surface area contributed by atoms with Gasteiger partial charge in [-0.3, -0.25) is 4.79 Å². The van der Waals surface area contributed by atoms with Crippen molar-refractivity contribution in [3.8, 4) is 0 Å². The van der Waals surface area contributed by atoms with Gasteiger partial charge in [-0.15, -0.1) is 0 Å². The molecule has 1 aliphatic rings. The predicted molar refractivity (Wildman–Crippen MR) is 80.2 cm³/mol. The average molecular weight is 335 g/mol. The van der Waals surface area contributed by atoms with Crippen LogP contribution in [-0.4, -0.2) is 15.5 Å². The first-order valence-electron chi connectivity index (χ1n) is 6.49. The van der Waals surface area contributed by atoms with Gasteiger partial charge in [0.1, 0.15) is 6.04 Å². The highest BCUT2D eigenvalue weighted by Gasteiger charge is 2.30. The first-order chi connectivity index (χ1) is 9.66. The summed E-state index contributed by atoms with van der Waals surface area (Å²) in [5.41, 5.74) is 7.21. The van der Waals surface area contributed by atoms with E-state index in [1.54, 1.807) is 12.5 Å². The minimum absolute atomic E-state index is 0.414. The minimum atomic E-state index is -0.586. The van der Waals surface area contributed by atoms with Crippen molar-refractivity contribution in [1.82, 2.24) is 9.55 Å². The Labute approximate surface area is 125 Å². The number of carbonyl (C=O) groups excluding carboxylic acids is 1. The standard InChI is InChI=1S/C14H15BrN4O/c15-10-3-1-2-4-11(10)18-13(14(16)20)12-7-17-8-19(12)9-5-6-9/h1-4,7-9,13,18H,5-6H2,(H2,16,20). The maximum absolute atomic E-state index is 11.8. The Morgan fingerprint density at radius 1 is 1.45 bits per heavy atom. The van der Waals surface area contributed by atoms with Crippen LogP contribution in [0.3, 0.4) is 0 Å². The second-order valence-corrected chi connectivity index (χ2v) is 5.77. The van der Waals surface area contributed by atoms with Crippen molar-refractivity contribution >= 4 is 27.5 Å². The fraction of sp³-hybridized carbons (Fsp3) is 0.286. The van der Waals surface area contributed by atoms with Crippen molar-refractivity contribution in [2.75, 3.05) is 5.32 Å². The van der Waals surface area contributed by atoms with Crippen LogP contribution < -0.4 is 11.1 Å². The number of nitrogens with zero attached hydrogens (tertiary/aromatic N) is 2. The third-order valence-corrected chi connectivity index (χ3v) is 4.08. The number of primary amides is 1. The zero-order valence-electron chi connectivity index (χ0n) is 10.8. The lowest BCUT2D eigenvalue weighted by Crippen LogP contribution is -2.29. The summed E-state index contributed by atoms with van der Waals surface area (Å²) in [7, 11) is 0. The number of halogens is 1. The molecule has 1 saturated carbocycles. The Morgan fingerprint density at radius 3 is 2.85 bits per heavy atom. The van der Waals surface area contributed by atoms with Gasteiger partial charge in [0.15, 0.2) is 0 Å². The SMILES string of the molecule is NC(=O)C(Nc1ccccc1Br)c1cncn1C1CC1. The fourth-order valence-corrected chi connectivity index (χ4v) is 2.62. The number of amides is 1. The molecule has 1 aromatic carbocycles. The lowest BCUT2D eigenvalue weighted by Gasteiger charge is -2.19. The number of para-hydroxylation sites is 1. The van der Waals surface area contributed by atoms with Gasteiger partial charge in [0.2, 0.25) is 5.91 Å². The maximum atomic E-state index is 11.8. The normalized spacial score (nSPS) is 15.8. The summed E-state index contributed by atoms with van der Waals surface area (Å²) >= 11 is 3.46. The van der Waals surface area contributed by atoms with Crippen LogP contribution in [0, 0.1) is 0 Å². The van der Waals surface area contributed by atoms with Crippen molar-refractivity contribution in [3.63, 3.8) is 0 Å². The summed E-state index contributed by atoms with van der Waals surface area (Å²) in [5, 5.41) is 3.19. The summed E-state index contributed by atoms with van der Waals surface area (Å²) in [6.07, 6.45) is 5.73. The highest BCUT2D eigenvalue weighted by atomic mass is 79.9. The van der Waals surface area contributed by atoms with Crippen LogP contribution in [0.4, 0.5) is 5.69 Å². The van der Waals surface area contributed by atoms with E-state index in [9.17, 15) is 4.79 Å². The Bertz CT molecular complexity index is 636. The molecule has 0 spiro atoms. The topological polar surface area (TPSA) is 72.9 Å². The largest absolute Gasteiger partial charge is 0.368 e. The molecule has 2 aromatic rings. The van der Waals surface area contributed by atoms with E-state index in [4.69, 9.17) is 5.73 Å². The number of anilines is 1. The lowest BCUT2D eigenvalue weighted by molar-refractivity contribution is -0.119. The monoisotopic (exact) mass is 334 g/mol. The quantitative estimate of drug-likeness (QED) is 0.882. The van der Waals surface area contributed by atoms with Gasteiger partial charge in [-0.2, -0.15) is 0 Å². The first-order valence-corrected chi connectivity index (χ1v) is 7.28. The maximum Gasteiger partial charge on any atom is 0.246 e. The van der Waals surface area contributed by atoms with Crippen LogP contribution in [0.25, 0.3) is 0 Å². The molecule has 104 valence electrons. The molecule has 1 aliphatic carbocycles. The van der Waals surface area contributed by atoms with E-state index in [0.29, 0.717) is 6.04 Å². The molecule has 20 heavy (non-hydrogen) atoms. The average Bonchev–Trinajstić information content (AvgIpc) is 3.16. The van der Waals surface area contributed by atoms with Crippen LogP contribution in [0.1, 0.15) is 30.6 Å². The highest BCUT2D eigenvalue weighted by Crippen LogP contribution is 2.37. The number of benzene rings is 1. The van der Waals surface area contributed by atoms with E-state index >= 15 is 0 Å². The molecule has 1 atom stereocenters. The molecule has 1 unspecified atom stereocenters. The second-order valence-electron chi connectivity index (χ2n) is 4.92. The molecule has 0 saturated heterocycles. The molecule has 0 radical (unpaired) electrons. The Morgan fingerprint density at radius 2 is 2.20 bits per heavy atom. The Kier molecular flexibility index (Phi) is 3.48. The number of rotatable bonds is 5. The zero-order valence-corrected chi connectivity index (χ0v) is 12.4. The molecule has 3 N–H and O–H groups in total. The van der Waals surface area contributed by atoms with Crippen LogP contribution in [-0.2, 0) is 4.79 Å². The molecule has 6 heteroatoms. The fourth-order valence-electron chi connectivity index (χ4n) is 2.22. The summed E-state index contributed by atoms with van der Waals surface area (Å²) in [6.45, 7) is 0. The number of hydrogen-bond donors (Lipinski definition) is 2. The summed E-state index contributed by atoms with van der Waals surface area (Å²) in [4.78, 5) is 16.0. The molecule has 0 aliphatic heterocycles. The molecule has 1 heterocycles. The van der Waals surface area contributed by atoms with E-state index in [1.807, 2.05) is 28.8 Å². The molecule has 0 bridgehead atoms. The van der Waals surface area contributed by atoms with Crippen molar-refractivity contribution < 1.29 is 4.79 Å². The molecule has 1 amide bonds. The van der Waals surface area contributed by atoms with E-state index in [-0.39, 0.29) is 0 Å². The summed E-state index contributed by atoms with van der Waals surface area (Å²) in [6, 6.07) is 7.51. The van der Waals surface area contributed by atoms with Gasteiger partial charge in [-0.25, -0.2) is 4.98 Å². The second kappa shape index (κ2) is 5.28.